The van der Waals surface area contributed by atoms with Crippen LogP contribution in [0.1, 0.15) is 5.56 Å². The maximum atomic E-state index is 11.0. The van der Waals surface area contributed by atoms with E-state index < -0.39 is 6.09 Å². The van der Waals surface area contributed by atoms with Crippen LogP contribution in [-0.2, 0) is 4.74 Å². The number of carbonyl (C=O) groups excluding carboxylic acids is 1. The van der Waals surface area contributed by atoms with Gasteiger partial charge in [-0.1, -0.05) is 24.8 Å². The molecule has 0 aliphatic heterocycles. The fourth-order valence-electron chi connectivity index (χ4n) is 1.01. The van der Waals surface area contributed by atoms with Crippen molar-refractivity contribution in [3.63, 3.8) is 0 Å². The SMILES string of the molecule is C=C=Cc1ccccc1NC(=O)OC. The Kier molecular flexibility index (Phi) is 3.53. The summed E-state index contributed by atoms with van der Waals surface area (Å²) in [5.41, 5.74) is 4.17. The second-order valence-corrected chi connectivity index (χ2v) is 2.55. The van der Waals surface area contributed by atoms with Crippen LogP contribution in [0.25, 0.3) is 6.08 Å². The summed E-state index contributed by atoms with van der Waals surface area (Å²) < 4.78 is 4.49. The molecule has 72 valence electrons. The number of methoxy groups -OCH3 is 1. The van der Waals surface area contributed by atoms with Crippen molar-refractivity contribution in [3.8, 4) is 0 Å². The van der Waals surface area contributed by atoms with Gasteiger partial charge < -0.3 is 4.74 Å². The van der Waals surface area contributed by atoms with E-state index in [1.165, 1.54) is 7.11 Å². The van der Waals surface area contributed by atoms with E-state index in [1.54, 1.807) is 12.1 Å². The van der Waals surface area contributed by atoms with Gasteiger partial charge in [0.25, 0.3) is 0 Å². The topological polar surface area (TPSA) is 38.3 Å². The number of carbonyl (C=O) groups is 1. The number of benzene rings is 1. The molecule has 1 aromatic carbocycles. The van der Waals surface area contributed by atoms with Crippen molar-refractivity contribution >= 4 is 17.9 Å². The van der Waals surface area contributed by atoms with Crippen LogP contribution in [0.4, 0.5) is 10.5 Å². The van der Waals surface area contributed by atoms with Crippen molar-refractivity contribution in [1.82, 2.24) is 0 Å². The number of rotatable bonds is 2. The van der Waals surface area contributed by atoms with Gasteiger partial charge in [0.2, 0.25) is 0 Å². The van der Waals surface area contributed by atoms with Gasteiger partial charge in [0.05, 0.1) is 12.8 Å². The van der Waals surface area contributed by atoms with Crippen molar-refractivity contribution in [3.05, 3.63) is 42.1 Å². The van der Waals surface area contributed by atoms with Crippen molar-refractivity contribution in [2.24, 2.45) is 0 Å². The monoisotopic (exact) mass is 189 g/mol. The number of nitrogens with one attached hydrogen (secondary N) is 1. The molecule has 1 aromatic rings. The molecule has 0 saturated carbocycles. The van der Waals surface area contributed by atoms with Crippen LogP contribution in [0.5, 0.6) is 0 Å². The van der Waals surface area contributed by atoms with Gasteiger partial charge in [-0.2, -0.15) is 0 Å². The fraction of sp³-hybridized carbons (Fsp3) is 0.0909. The maximum Gasteiger partial charge on any atom is 0.411 e. The minimum Gasteiger partial charge on any atom is -0.453 e. The molecule has 0 heterocycles. The highest BCUT2D eigenvalue weighted by molar-refractivity contribution is 5.87. The van der Waals surface area contributed by atoms with E-state index in [1.807, 2.05) is 18.2 Å². The highest BCUT2D eigenvalue weighted by atomic mass is 16.5. The molecule has 0 radical (unpaired) electrons. The highest BCUT2D eigenvalue weighted by Gasteiger charge is 2.02. The van der Waals surface area contributed by atoms with E-state index >= 15 is 0 Å². The predicted octanol–water partition coefficient (Wildman–Crippen LogP) is 2.66. The van der Waals surface area contributed by atoms with Crippen LogP contribution in [-0.4, -0.2) is 13.2 Å². The van der Waals surface area contributed by atoms with Gasteiger partial charge in [0, 0.05) is 5.56 Å². The average molecular weight is 189 g/mol. The quantitative estimate of drug-likeness (QED) is 0.726. The van der Waals surface area contributed by atoms with Gasteiger partial charge in [0.15, 0.2) is 0 Å². The molecule has 1 N–H and O–H groups in total. The third kappa shape index (κ3) is 2.51. The van der Waals surface area contributed by atoms with E-state index in [0.29, 0.717) is 5.69 Å². The normalized spacial score (nSPS) is 8.64. The third-order valence-electron chi connectivity index (χ3n) is 1.64. The molecule has 1 rings (SSSR count). The number of hydrogen-bond acceptors (Lipinski definition) is 2. The van der Waals surface area contributed by atoms with E-state index in [0.717, 1.165) is 5.56 Å². The van der Waals surface area contributed by atoms with Gasteiger partial charge in [-0.05, 0) is 12.1 Å². The van der Waals surface area contributed by atoms with Crippen molar-refractivity contribution in [2.45, 2.75) is 0 Å². The molecule has 1 amide bonds. The number of amides is 1. The van der Waals surface area contributed by atoms with Crippen LogP contribution in [0, 0.1) is 0 Å². The Morgan fingerprint density at radius 1 is 1.57 bits per heavy atom. The number of ether oxygens (including phenoxy) is 1. The molecule has 0 atom stereocenters. The van der Waals surface area contributed by atoms with Crippen LogP contribution in [0.3, 0.4) is 0 Å². The van der Waals surface area contributed by atoms with E-state index in [9.17, 15) is 4.79 Å². The molecule has 0 fully saturated rings. The Labute approximate surface area is 82.7 Å². The van der Waals surface area contributed by atoms with Gasteiger partial charge >= 0.3 is 6.09 Å². The van der Waals surface area contributed by atoms with E-state index in [-0.39, 0.29) is 0 Å². The van der Waals surface area contributed by atoms with Crippen molar-refractivity contribution in [2.75, 3.05) is 12.4 Å². The lowest BCUT2D eigenvalue weighted by Gasteiger charge is -2.05. The second kappa shape index (κ2) is 4.90. The second-order valence-electron chi connectivity index (χ2n) is 2.55. The smallest absolute Gasteiger partial charge is 0.411 e. The van der Waals surface area contributed by atoms with E-state index in [2.05, 4.69) is 22.4 Å². The van der Waals surface area contributed by atoms with Crippen LogP contribution >= 0.6 is 0 Å². The lowest BCUT2D eigenvalue weighted by atomic mass is 10.2. The Balaban J connectivity index is 2.95. The first-order chi connectivity index (χ1) is 6.77. The Bertz CT molecular complexity index is 379. The van der Waals surface area contributed by atoms with Crippen LogP contribution in [0.15, 0.2) is 36.6 Å². The molecule has 3 heteroatoms. The first-order valence-corrected chi connectivity index (χ1v) is 4.07. The summed E-state index contributed by atoms with van der Waals surface area (Å²) in [6, 6.07) is 7.32. The molecule has 0 unspecified atom stereocenters. The van der Waals surface area contributed by atoms with Gasteiger partial charge in [-0.25, -0.2) is 4.79 Å². The standard InChI is InChI=1S/C11H11NO2/c1-3-6-9-7-4-5-8-10(9)12-11(13)14-2/h4-8H,1H2,2H3,(H,12,13). The van der Waals surface area contributed by atoms with Gasteiger partial charge in [-0.3, -0.25) is 5.32 Å². The highest BCUT2D eigenvalue weighted by Crippen LogP contribution is 2.16. The summed E-state index contributed by atoms with van der Waals surface area (Å²) in [6.45, 7) is 3.47. The summed E-state index contributed by atoms with van der Waals surface area (Å²) in [5, 5.41) is 2.58. The van der Waals surface area contributed by atoms with Crippen LogP contribution in [0.2, 0.25) is 0 Å². The van der Waals surface area contributed by atoms with E-state index in [4.69, 9.17) is 0 Å². The third-order valence-corrected chi connectivity index (χ3v) is 1.64. The molecule has 3 nitrogen and oxygen atoms in total. The lowest BCUT2D eigenvalue weighted by molar-refractivity contribution is 0.187. The van der Waals surface area contributed by atoms with Crippen LogP contribution < -0.4 is 5.32 Å². The minimum atomic E-state index is -0.491. The Morgan fingerprint density at radius 3 is 2.93 bits per heavy atom. The summed E-state index contributed by atoms with van der Waals surface area (Å²) in [6.07, 6.45) is 1.19. The fourth-order valence-corrected chi connectivity index (χ4v) is 1.01. The maximum absolute atomic E-state index is 11.0. The first-order valence-electron chi connectivity index (χ1n) is 4.07. The zero-order chi connectivity index (χ0) is 10.4. The number of para-hydroxylation sites is 1. The summed E-state index contributed by atoms with van der Waals surface area (Å²) in [5.74, 6) is 0. The molecule has 0 bridgehead atoms. The Morgan fingerprint density at radius 2 is 2.29 bits per heavy atom. The molecule has 0 aromatic heterocycles. The van der Waals surface area contributed by atoms with Crippen molar-refractivity contribution in [1.29, 1.82) is 0 Å². The molecular weight excluding hydrogens is 178 g/mol. The zero-order valence-corrected chi connectivity index (χ0v) is 7.91. The summed E-state index contributed by atoms with van der Waals surface area (Å²) >= 11 is 0. The summed E-state index contributed by atoms with van der Waals surface area (Å²) in [7, 11) is 1.32. The van der Waals surface area contributed by atoms with Crippen molar-refractivity contribution < 1.29 is 9.53 Å². The van der Waals surface area contributed by atoms with Gasteiger partial charge in [-0.15, -0.1) is 5.73 Å². The predicted molar refractivity (Wildman–Crippen MR) is 56.1 cm³/mol. The molecule has 14 heavy (non-hydrogen) atoms. The first kappa shape index (κ1) is 10.1. The average Bonchev–Trinajstić information content (AvgIpc) is 2.21. The number of hydrogen-bond donors (Lipinski definition) is 1. The molecule has 0 aliphatic carbocycles. The van der Waals surface area contributed by atoms with Gasteiger partial charge in [0.1, 0.15) is 0 Å². The molecule has 0 saturated heterocycles. The molecular formula is C11H11NO2. The molecule has 0 aliphatic rings. The zero-order valence-electron chi connectivity index (χ0n) is 7.91. The number of anilines is 1. The lowest BCUT2D eigenvalue weighted by Crippen LogP contribution is -2.11. The largest absolute Gasteiger partial charge is 0.453 e. The minimum absolute atomic E-state index is 0.491. The Hall–Kier alpha value is -1.99. The molecule has 0 spiro atoms. The summed E-state index contributed by atoms with van der Waals surface area (Å²) in [4.78, 5) is 11.0.